The number of nitrogens with one attached hydrogen (secondary N) is 1. The van der Waals surface area contributed by atoms with Crippen molar-refractivity contribution in [3.05, 3.63) is 70.9 Å². The van der Waals surface area contributed by atoms with Crippen molar-refractivity contribution in [1.29, 1.82) is 0 Å². The quantitative estimate of drug-likeness (QED) is 0.487. The standard InChI is InChI=1S/C23H21N7O/c1-4-24-20-10-9-19-22(26-20)21(15-6-5-14(2)25-12-15)23(31)30(28-19)17-7-8-18-16(11-17)13-29(3)27-18/h5-13H,4H2,1-3H3,(H,24,26). The van der Waals surface area contributed by atoms with E-state index in [1.165, 1.54) is 4.68 Å². The van der Waals surface area contributed by atoms with E-state index in [4.69, 9.17) is 0 Å². The average Bonchev–Trinajstić information content (AvgIpc) is 3.14. The molecule has 0 bridgehead atoms. The summed E-state index contributed by atoms with van der Waals surface area (Å²) in [6, 6.07) is 13.2. The van der Waals surface area contributed by atoms with Crippen molar-refractivity contribution < 1.29 is 0 Å². The molecule has 0 aliphatic rings. The molecule has 0 aliphatic carbocycles. The smallest absolute Gasteiger partial charge is 0.281 e. The second-order valence-electron chi connectivity index (χ2n) is 7.42. The molecule has 4 aromatic heterocycles. The first-order valence-electron chi connectivity index (χ1n) is 10.1. The van der Waals surface area contributed by atoms with Crippen LogP contribution in [0, 0.1) is 6.92 Å². The summed E-state index contributed by atoms with van der Waals surface area (Å²) < 4.78 is 3.18. The Hall–Kier alpha value is -4.07. The van der Waals surface area contributed by atoms with E-state index in [9.17, 15) is 4.79 Å². The maximum atomic E-state index is 13.7. The molecule has 154 valence electrons. The van der Waals surface area contributed by atoms with Gasteiger partial charge in [-0.2, -0.15) is 14.9 Å². The monoisotopic (exact) mass is 411 g/mol. The van der Waals surface area contributed by atoms with Crippen LogP contribution in [0.15, 0.2) is 59.7 Å². The van der Waals surface area contributed by atoms with Gasteiger partial charge in [0, 0.05) is 42.6 Å². The van der Waals surface area contributed by atoms with Gasteiger partial charge in [0.15, 0.2) is 0 Å². The number of fused-ring (bicyclic) bond motifs is 2. The van der Waals surface area contributed by atoms with E-state index in [0.29, 0.717) is 33.7 Å². The molecule has 1 N–H and O–H groups in total. The predicted molar refractivity (Wildman–Crippen MR) is 122 cm³/mol. The topological polar surface area (TPSA) is 90.5 Å². The summed E-state index contributed by atoms with van der Waals surface area (Å²) in [5, 5.41) is 13.2. The highest BCUT2D eigenvalue weighted by molar-refractivity contribution is 5.91. The zero-order chi connectivity index (χ0) is 21.5. The van der Waals surface area contributed by atoms with Crippen LogP contribution >= 0.6 is 0 Å². The Morgan fingerprint density at radius 1 is 1.03 bits per heavy atom. The lowest BCUT2D eigenvalue weighted by Crippen LogP contribution is -2.23. The summed E-state index contributed by atoms with van der Waals surface area (Å²) in [6.45, 7) is 4.65. The highest BCUT2D eigenvalue weighted by atomic mass is 16.1. The van der Waals surface area contributed by atoms with Crippen LogP contribution in [0.2, 0.25) is 0 Å². The first-order valence-corrected chi connectivity index (χ1v) is 10.1. The number of benzene rings is 1. The molecule has 8 nitrogen and oxygen atoms in total. The van der Waals surface area contributed by atoms with Crippen LogP contribution in [-0.2, 0) is 7.05 Å². The molecule has 8 heteroatoms. The highest BCUT2D eigenvalue weighted by Crippen LogP contribution is 2.25. The SMILES string of the molecule is CCNc1ccc2nn(-c3ccc4nn(C)cc4c3)c(=O)c(-c3ccc(C)nc3)c2n1. The van der Waals surface area contributed by atoms with Gasteiger partial charge >= 0.3 is 0 Å². The minimum Gasteiger partial charge on any atom is -0.370 e. The molecule has 5 aromatic rings. The van der Waals surface area contributed by atoms with Gasteiger partial charge in [0.1, 0.15) is 16.9 Å². The Balaban J connectivity index is 1.81. The van der Waals surface area contributed by atoms with Gasteiger partial charge in [-0.1, -0.05) is 6.07 Å². The molecule has 4 heterocycles. The lowest BCUT2D eigenvalue weighted by molar-refractivity contribution is 0.780. The summed E-state index contributed by atoms with van der Waals surface area (Å²) in [5.41, 5.74) is 4.53. The molecule has 0 spiro atoms. The van der Waals surface area contributed by atoms with Crippen molar-refractivity contribution in [2.24, 2.45) is 7.05 Å². The average molecular weight is 411 g/mol. The molecule has 31 heavy (non-hydrogen) atoms. The number of aryl methyl sites for hydroxylation is 2. The van der Waals surface area contributed by atoms with Crippen LogP contribution in [0.4, 0.5) is 5.82 Å². The van der Waals surface area contributed by atoms with E-state index in [1.807, 2.05) is 69.6 Å². The van der Waals surface area contributed by atoms with Crippen LogP contribution in [0.1, 0.15) is 12.6 Å². The molecule has 1 aromatic carbocycles. The molecule has 0 amide bonds. The number of hydrogen-bond donors (Lipinski definition) is 1. The molecule has 0 radical (unpaired) electrons. The number of pyridine rings is 2. The third-order valence-electron chi connectivity index (χ3n) is 5.13. The number of nitrogens with zero attached hydrogens (tertiary/aromatic N) is 6. The molecule has 0 saturated carbocycles. The van der Waals surface area contributed by atoms with Crippen molar-refractivity contribution in [1.82, 2.24) is 29.5 Å². The Morgan fingerprint density at radius 2 is 1.87 bits per heavy atom. The molecule has 0 atom stereocenters. The van der Waals surface area contributed by atoms with E-state index >= 15 is 0 Å². The first kappa shape index (κ1) is 18.9. The van der Waals surface area contributed by atoms with E-state index in [2.05, 4.69) is 25.5 Å². The third kappa shape index (κ3) is 3.31. The van der Waals surface area contributed by atoms with Crippen LogP contribution in [0.25, 0.3) is 38.8 Å². The summed E-state index contributed by atoms with van der Waals surface area (Å²) >= 11 is 0. The Labute approximate surface area is 178 Å². The second-order valence-corrected chi connectivity index (χ2v) is 7.42. The van der Waals surface area contributed by atoms with Gasteiger partial charge in [0.2, 0.25) is 0 Å². The Kier molecular flexibility index (Phi) is 4.47. The van der Waals surface area contributed by atoms with Crippen molar-refractivity contribution in [3.63, 3.8) is 0 Å². The molecule has 0 unspecified atom stereocenters. The molecular weight excluding hydrogens is 390 g/mol. The van der Waals surface area contributed by atoms with E-state index < -0.39 is 0 Å². The Bertz CT molecular complexity index is 1480. The molecule has 0 aliphatic heterocycles. The number of hydrogen-bond acceptors (Lipinski definition) is 6. The fraction of sp³-hybridized carbons (Fsp3) is 0.174. The fourth-order valence-corrected chi connectivity index (χ4v) is 3.68. The van der Waals surface area contributed by atoms with E-state index in [1.54, 1.807) is 10.9 Å². The lowest BCUT2D eigenvalue weighted by atomic mass is 10.1. The maximum Gasteiger partial charge on any atom is 0.281 e. The number of anilines is 1. The van der Waals surface area contributed by atoms with Crippen LogP contribution in [0.3, 0.4) is 0 Å². The predicted octanol–water partition coefficient (Wildman–Crippen LogP) is 3.47. The van der Waals surface area contributed by atoms with Gasteiger partial charge in [0.05, 0.1) is 16.8 Å². The van der Waals surface area contributed by atoms with E-state index in [0.717, 1.165) is 23.1 Å². The van der Waals surface area contributed by atoms with Crippen molar-refractivity contribution in [3.8, 4) is 16.8 Å². The zero-order valence-corrected chi connectivity index (χ0v) is 17.5. The first-order chi connectivity index (χ1) is 15.0. The van der Waals surface area contributed by atoms with Gasteiger partial charge in [0.25, 0.3) is 5.56 Å². The molecule has 5 rings (SSSR count). The summed E-state index contributed by atoms with van der Waals surface area (Å²) in [7, 11) is 1.87. The third-order valence-corrected chi connectivity index (χ3v) is 5.13. The highest BCUT2D eigenvalue weighted by Gasteiger charge is 2.17. The van der Waals surface area contributed by atoms with Gasteiger partial charge in [-0.05, 0) is 50.2 Å². The van der Waals surface area contributed by atoms with Gasteiger partial charge < -0.3 is 5.32 Å². The number of aromatic nitrogens is 6. The normalized spacial score (nSPS) is 11.3. The minimum absolute atomic E-state index is 0.248. The number of rotatable bonds is 4. The molecular formula is C23H21N7O. The fourth-order valence-electron chi connectivity index (χ4n) is 3.68. The van der Waals surface area contributed by atoms with Crippen LogP contribution in [0.5, 0.6) is 0 Å². The molecule has 0 saturated heterocycles. The van der Waals surface area contributed by atoms with Crippen molar-refractivity contribution in [2.75, 3.05) is 11.9 Å². The maximum absolute atomic E-state index is 13.7. The second kappa shape index (κ2) is 7.32. The van der Waals surface area contributed by atoms with Gasteiger partial charge in [-0.25, -0.2) is 4.98 Å². The molecule has 0 fully saturated rings. The van der Waals surface area contributed by atoms with Crippen LogP contribution in [-0.4, -0.2) is 36.1 Å². The van der Waals surface area contributed by atoms with Gasteiger partial charge in [-0.15, -0.1) is 0 Å². The van der Waals surface area contributed by atoms with Crippen molar-refractivity contribution >= 4 is 27.8 Å². The zero-order valence-electron chi connectivity index (χ0n) is 17.5. The lowest BCUT2D eigenvalue weighted by Gasteiger charge is -2.12. The van der Waals surface area contributed by atoms with Crippen molar-refractivity contribution in [2.45, 2.75) is 13.8 Å². The van der Waals surface area contributed by atoms with Crippen LogP contribution < -0.4 is 10.9 Å². The Morgan fingerprint density at radius 3 is 2.65 bits per heavy atom. The summed E-state index contributed by atoms with van der Waals surface area (Å²) in [4.78, 5) is 22.7. The van der Waals surface area contributed by atoms with E-state index in [-0.39, 0.29) is 5.56 Å². The summed E-state index contributed by atoms with van der Waals surface area (Å²) in [6.07, 6.45) is 3.63. The minimum atomic E-state index is -0.248. The largest absolute Gasteiger partial charge is 0.370 e. The summed E-state index contributed by atoms with van der Waals surface area (Å²) in [5.74, 6) is 0.701. The van der Waals surface area contributed by atoms with Gasteiger partial charge in [-0.3, -0.25) is 14.5 Å².